The van der Waals surface area contributed by atoms with Crippen LogP contribution in [0.25, 0.3) is 17.4 Å². The summed E-state index contributed by atoms with van der Waals surface area (Å²) in [5.41, 5.74) is 5.82. The summed E-state index contributed by atoms with van der Waals surface area (Å²) in [6, 6.07) is 3.45. The highest BCUT2D eigenvalue weighted by molar-refractivity contribution is 5.66. The Kier molecular flexibility index (Phi) is 3.56. The van der Waals surface area contributed by atoms with E-state index >= 15 is 0 Å². The highest BCUT2D eigenvalue weighted by Gasteiger charge is 2.13. The fraction of sp³-hybridized carbons (Fsp3) is 0.250. The summed E-state index contributed by atoms with van der Waals surface area (Å²) < 4.78 is 6.53. The Labute approximate surface area is 124 Å². The molecule has 0 unspecified atom stereocenters. The molecule has 0 aliphatic carbocycles. The second-order valence-electron chi connectivity index (χ2n) is 4.45. The number of fused-ring (bicyclic) bond motifs is 1. The molecule has 0 bridgehead atoms. The van der Waals surface area contributed by atoms with E-state index in [-0.39, 0.29) is 24.1 Å². The molecular weight excluding hydrogens is 290 g/mol. The van der Waals surface area contributed by atoms with Gasteiger partial charge < -0.3 is 20.6 Å². The van der Waals surface area contributed by atoms with E-state index in [1.54, 1.807) is 12.1 Å². The number of nitrogens with two attached hydrogens (primary N) is 1. The number of carbonyl (C=O) groups is 1. The summed E-state index contributed by atoms with van der Waals surface area (Å²) in [5.74, 6) is 0.678. The van der Waals surface area contributed by atoms with Gasteiger partial charge in [-0.25, -0.2) is 0 Å². The van der Waals surface area contributed by atoms with Crippen molar-refractivity contribution in [1.82, 2.24) is 24.6 Å². The molecule has 0 saturated carbocycles. The van der Waals surface area contributed by atoms with Gasteiger partial charge in [-0.15, -0.1) is 5.10 Å². The van der Waals surface area contributed by atoms with Crippen molar-refractivity contribution in [2.45, 2.75) is 12.8 Å². The van der Waals surface area contributed by atoms with Crippen LogP contribution in [-0.4, -0.2) is 42.2 Å². The lowest BCUT2D eigenvalue weighted by molar-refractivity contribution is -0.137. The van der Waals surface area contributed by atoms with E-state index < -0.39 is 5.97 Å². The Hall–Kier alpha value is -3.17. The number of nitrogen functional groups attached to an aromatic ring is 1. The highest BCUT2D eigenvalue weighted by Crippen LogP contribution is 2.17. The average molecular weight is 303 g/mol. The fourth-order valence-corrected chi connectivity index (χ4v) is 1.83. The standard InChI is InChI=1S/C12H13N7O3/c13-10-16-11(14-5-1-4-8(20)21)17-12-15-9(18-19(10)12)7-3-2-6-22-7/h2-3,6H,1,4-5H2,(H,20,21)(H3,13,14,15,16,17,18). The van der Waals surface area contributed by atoms with Crippen molar-refractivity contribution in [3.8, 4) is 11.6 Å². The van der Waals surface area contributed by atoms with Crippen LogP contribution in [0.3, 0.4) is 0 Å². The van der Waals surface area contributed by atoms with Crippen LogP contribution in [-0.2, 0) is 4.79 Å². The van der Waals surface area contributed by atoms with E-state index in [9.17, 15) is 4.79 Å². The zero-order chi connectivity index (χ0) is 15.5. The summed E-state index contributed by atoms with van der Waals surface area (Å²) in [5, 5.41) is 15.7. The molecule has 3 aromatic heterocycles. The molecule has 0 spiro atoms. The molecule has 10 nitrogen and oxygen atoms in total. The number of carboxylic acid groups (broad SMARTS) is 1. The first kappa shape index (κ1) is 13.8. The van der Waals surface area contributed by atoms with E-state index in [1.165, 1.54) is 10.8 Å². The van der Waals surface area contributed by atoms with E-state index in [0.29, 0.717) is 24.6 Å². The topological polar surface area (TPSA) is 144 Å². The van der Waals surface area contributed by atoms with Crippen molar-refractivity contribution >= 4 is 23.6 Å². The molecule has 3 aromatic rings. The van der Waals surface area contributed by atoms with Crippen molar-refractivity contribution < 1.29 is 14.3 Å². The van der Waals surface area contributed by atoms with Gasteiger partial charge in [0.2, 0.25) is 17.7 Å². The lowest BCUT2D eigenvalue weighted by Crippen LogP contribution is -2.11. The Balaban J connectivity index is 1.80. The zero-order valence-corrected chi connectivity index (χ0v) is 11.4. The maximum atomic E-state index is 10.4. The van der Waals surface area contributed by atoms with Crippen LogP contribution in [0.4, 0.5) is 11.9 Å². The molecule has 0 saturated heterocycles. The Bertz CT molecular complexity index is 797. The average Bonchev–Trinajstić information content (AvgIpc) is 3.12. The Morgan fingerprint density at radius 2 is 2.27 bits per heavy atom. The van der Waals surface area contributed by atoms with E-state index in [2.05, 4.69) is 25.4 Å². The third kappa shape index (κ3) is 2.80. The SMILES string of the molecule is Nc1nc(NCCCC(=O)O)nc2nc(-c3ccco3)nn12. The molecular formula is C12H13N7O3. The molecule has 0 aromatic carbocycles. The van der Waals surface area contributed by atoms with Gasteiger partial charge >= 0.3 is 5.97 Å². The molecule has 0 amide bonds. The smallest absolute Gasteiger partial charge is 0.303 e. The molecule has 0 aliphatic heterocycles. The summed E-state index contributed by atoms with van der Waals surface area (Å²) in [6.45, 7) is 0.418. The van der Waals surface area contributed by atoms with E-state index in [4.69, 9.17) is 15.3 Å². The van der Waals surface area contributed by atoms with Crippen LogP contribution < -0.4 is 11.1 Å². The van der Waals surface area contributed by atoms with Gasteiger partial charge in [-0.3, -0.25) is 4.79 Å². The Morgan fingerprint density at radius 3 is 3.00 bits per heavy atom. The number of anilines is 2. The molecule has 3 heterocycles. The minimum absolute atomic E-state index is 0.0678. The number of rotatable bonds is 6. The minimum Gasteiger partial charge on any atom is -0.481 e. The number of nitrogens with one attached hydrogen (secondary N) is 1. The molecule has 0 atom stereocenters. The van der Waals surface area contributed by atoms with Crippen LogP contribution in [0, 0.1) is 0 Å². The molecule has 0 fully saturated rings. The quantitative estimate of drug-likeness (QED) is 0.558. The van der Waals surface area contributed by atoms with Gasteiger partial charge in [0.1, 0.15) is 0 Å². The minimum atomic E-state index is -0.849. The molecule has 114 valence electrons. The maximum Gasteiger partial charge on any atom is 0.303 e. The molecule has 0 aliphatic rings. The van der Waals surface area contributed by atoms with E-state index in [1.807, 2.05) is 0 Å². The van der Waals surface area contributed by atoms with Crippen LogP contribution in [0.5, 0.6) is 0 Å². The summed E-state index contributed by atoms with van der Waals surface area (Å²) >= 11 is 0. The number of carboxylic acids is 1. The zero-order valence-electron chi connectivity index (χ0n) is 11.4. The van der Waals surface area contributed by atoms with Crippen molar-refractivity contribution in [2.75, 3.05) is 17.6 Å². The number of hydrogen-bond acceptors (Lipinski definition) is 8. The highest BCUT2D eigenvalue weighted by atomic mass is 16.4. The first-order valence-corrected chi connectivity index (χ1v) is 6.53. The molecule has 0 radical (unpaired) electrons. The van der Waals surface area contributed by atoms with Gasteiger partial charge in [0.25, 0.3) is 5.78 Å². The third-order valence-electron chi connectivity index (χ3n) is 2.83. The van der Waals surface area contributed by atoms with E-state index in [0.717, 1.165) is 0 Å². The van der Waals surface area contributed by atoms with Gasteiger partial charge in [0.15, 0.2) is 5.76 Å². The predicted octanol–water partition coefficient (Wildman–Crippen LogP) is 0.638. The van der Waals surface area contributed by atoms with Crippen LogP contribution in [0.15, 0.2) is 22.8 Å². The molecule has 4 N–H and O–H groups in total. The van der Waals surface area contributed by atoms with Crippen molar-refractivity contribution in [3.05, 3.63) is 18.4 Å². The van der Waals surface area contributed by atoms with Gasteiger partial charge in [0, 0.05) is 13.0 Å². The summed E-state index contributed by atoms with van der Waals surface area (Å²) in [4.78, 5) is 22.9. The number of aromatic nitrogens is 5. The predicted molar refractivity (Wildman–Crippen MR) is 76.1 cm³/mol. The van der Waals surface area contributed by atoms with Crippen LogP contribution in [0.1, 0.15) is 12.8 Å². The lowest BCUT2D eigenvalue weighted by atomic mass is 10.3. The normalized spacial score (nSPS) is 10.9. The first-order valence-electron chi connectivity index (χ1n) is 6.53. The van der Waals surface area contributed by atoms with Gasteiger partial charge in [-0.05, 0) is 18.6 Å². The molecule has 3 rings (SSSR count). The lowest BCUT2D eigenvalue weighted by Gasteiger charge is -2.04. The second kappa shape index (κ2) is 5.68. The number of hydrogen-bond donors (Lipinski definition) is 3. The second-order valence-corrected chi connectivity index (χ2v) is 4.45. The van der Waals surface area contributed by atoms with Crippen molar-refractivity contribution in [3.63, 3.8) is 0 Å². The molecule has 22 heavy (non-hydrogen) atoms. The van der Waals surface area contributed by atoms with Crippen LogP contribution in [0.2, 0.25) is 0 Å². The first-order chi connectivity index (χ1) is 10.6. The van der Waals surface area contributed by atoms with Crippen molar-refractivity contribution in [2.24, 2.45) is 0 Å². The van der Waals surface area contributed by atoms with Gasteiger partial charge in [-0.1, -0.05) is 0 Å². The van der Waals surface area contributed by atoms with Gasteiger partial charge in [0.05, 0.1) is 6.26 Å². The summed E-state index contributed by atoms with van der Waals surface area (Å²) in [7, 11) is 0. The summed E-state index contributed by atoms with van der Waals surface area (Å²) in [6.07, 6.45) is 2.04. The fourth-order valence-electron chi connectivity index (χ4n) is 1.83. The number of furan rings is 1. The number of aliphatic carboxylic acids is 1. The van der Waals surface area contributed by atoms with Crippen molar-refractivity contribution in [1.29, 1.82) is 0 Å². The Morgan fingerprint density at radius 1 is 1.41 bits per heavy atom. The third-order valence-corrected chi connectivity index (χ3v) is 2.83. The van der Waals surface area contributed by atoms with Gasteiger partial charge in [-0.2, -0.15) is 19.5 Å². The maximum absolute atomic E-state index is 10.4. The van der Waals surface area contributed by atoms with Crippen LogP contribution >= 0.6 is 0 Å². The molecule has 10 heteroatoms. The largest absolute Gasteiger partial charge is 0.481 e. The number of nitrogens with zero attached hydrogens (tertiary/aromatic N) is 5. The monoisotopic (exact) mass is 303 g/mol.